The Kier molecular flexibility index (Phi) is 5.07. The minimum absolute atomic E-state index is 0.0212. The van der Waals surface area contributed by atoms with Crippen LogP contribution in [0.15, 0.2) is 18.2 Å². The quantitative estimate of drug-likeness (QED) is 0.750. The molecule has 4 rings (SSSR count). The van der Waals surface area contributed by atoms with Crippen molar-refractivity contribution < 1.29 is 19.1 Å². The molecule has 2 aliphatic heterocycles. The summed E-state index contributed by atoms with van der Waals surface area (Å²) in [5, 5.41) is 4.01. The smallest absolute Gasteiger partial charge is 0.267 e. The number of amides is 1. The average molecular weight is 387 g/mol. The van der Waals surface area contributed by atoms with E-state index in [1.54, 1.807) is 18.2 Å². The number of hydrogen-bond donors (Lipinski definition) is 0. The lowest BCUT2D eigenvalue weighted by atomic mass is 9.88. The van der Waals surface area contributed by atoms with E-state index in [1.807, 2.05) is 11.8 Å². The first-order valence-corrected chi connectivity index (χ1v) is 9.99. The molecular weight excluding hydrogens is 366 g/mol. The molecule has 0 saturated carbocycles. The van der Waals surface area contributed by atoms with Crippen LogP contribution in [0.4, 0.5) is 0 Å². The Morgan fingerprint density at radius 1 is 1.19 bits per heavy atom. The monoisotopic (exact) mass is 387 g/mol. The summed E-state index contributed by atoms with van der Waals surface area (Å²) in [5.41, 5.74) is 1.39. The third kappa shape index (κ3) is 3.53. The SMILES string of the molecule is CCc1nnsc1C(=O)N1CCC(C(=O)c2ccc3c(c2)OCCO3)CC1. The number of carbonyl (C=O) groups is 2. The molecule has 1 amide bonds. The number of piperidine rings is 1. The molecule has 2 aromatic rings. The molecule has 1 fully saturated rings. The second-order valence-electron chi connectivity index (χ2n) is 6.69. The summed E-state index contributed by atoms with van der Waals surface area (Å²) in [5.74, 6) is 1.31. The van der Waals surface area contributed by atoms with Gasteiger partial charge < -0.3 is 14.4 Å². The van der Waals surface area contributed by atoms with E-state index in [-0.39, 0.29) is 17.6 Å². The molecule has 1 saturated heterocycles. The molecule has 2 aliphatic rings. The summed E-state index contributed by atoms with van der Waals surface area (Å²) in [6.45, 7) is 4.13. The van der Waals surface area contributed by atoms with Crippen LogP contribution in [-0.2, 0) is 6.42 Å². The van der Waals surface area contributed by atoms with Crippen molar-refractivity contribution in [2.24, 2.45) is 5.92 Å². The Hall–Kier alpha value is -2.48. The first-order chi connectivity index (χ1) is 13.2. The van der Waals surface area contributed by atoms with Crippen LogP contribution in [0.3, 0.4) is 0 Å². The molecule has 1 aromatic carbocycles. The minimum Gasteiger partial charge on any atom is -0.486 e. The molecule has 0 atom stereocenters. The van der Waals surface area contributed by atoms with Gasteiger partial charge in [-0.2, -0.15) is 0 Å². The summed E-state index contributed by atoms with van der Waals surface area (Å²) < 4.78 is 15.0. The van der Waals surface area contributed by atoms with Crippen LogP contribution in [0, 0.1) is 5.92 Å². The Balaban J connectivity index is 1.40. The lowest BCUT2D eigenvalue weighted by Crippen LogP contribution is -2.40. The van der Waals surface area contributed by atoms with E-state index in [1.165, 1.54) is 0 Å². The van der Waals surface area contributed by atoms with Gasteiger partial charge in [-0.05, 0) is 49.0 Å². The maximum Gasteiger partial charge on any atom is 0.267 e. The topological polar surface area (TPSA) is 81.6 Å². The van der Waals surface area contributed by atoms with Crippen molar-refractivity contribution in [1.82, 2.24) is 14.5 Å². The molecule has 0 unspecified atom stereocenters. The number of rotatable bonds is 4. The Morgan fingerprint density at radius 3 is 2.67 bits per heavy atom. The molecule has 8 heteroatoms. The molecule has 7 nitrogen and oxygen atoms in total. The number of fused-ring (bicyclic) bond motifs is 1. The van der Waals surface area contributed by atoms with Crippen molar-refractivity contribution in [2.75, 3.05) is 26.3 Å². The zero-order valence-electron chi connectivity index (χ0n) is 15.1. The summed E-state index contributed by atoms with van der Waals surface area (Å²) >= 11 is 1.15. The fourth-order valence-corrected chi connectivity index (χ4v) is 4.24. The number of hydrogen-bond acceptors (Lipinski definition) is 7. The van der Waals surface area contributed by atoms with Gasteiger partial charge in [-0.3, -0.25) is 9.59 Å². The standard InChI is InChI=1S/C19H21N3O4S/c1-2-14-18(27-21-20-14)19(24)22-7-5-12(6-8-22)17(23)13-3-4-15-16(11-13)26-10-9-25-15/h3-4,11-12H,2,5-10H2,1H3. The number of ketones is 1. The van der Waals surface area contributed by atoms with Gasteiger partial charge in [-0.25, -0.2) is 0 Å². The van der Waals surface area contributed by atoms with Crippen LogP contribution in [0.1, 0.15) is 45.5 Å². The first-order valence-electron chi connectivity index (χ1n) is 9.21. The van der Waals surface area contributed by atoms with Crippen molar-refractivity contribution in [3.8, 4) is 11.5 Å². The summed E-state index contributed by atoms with van der Waals surface area (Å²) in [4.78, 5) is 28.0. The molecule has 1 aromatic heterocycles. The number of Topliss-reactive ketones (excluding diaryl/α,β-unsaturated/α-hetero) is 1. The van der Waals surface area contributed by atoms with E-state index >= 15 is 0 Å². The highest BCUT2D eigenvalue weighted by molar-refractivity contribution is 7.08. The van der Waals surface area contributed by atoms with Gasteiger partial charge in [0.15, 0.2) is 17.3 Å². The molecule has 27 heavy (non-hydrogen) atoms. The van der Waals surface area contributed by atoms with E-state index < -0.39 is 0 Å². The lowest BCUT2D eigenvalue weighted by molar-refractivity contribution is 0.0653. The van der Waals surface area contributed by atoms with Crippen LogP contribution in [0.2, 0.25) is 0 Å². The van der Waals surface area contributed by atoms with Gasteiger partial charge in [-0.15, -0.1) is 5.10 Å². The predicted octanol–water partition coefficient (Wildman–Crippen LogP) is 2.61. The van der Waals surface area contributed by atoms with Crippen molar-refractivity contribution in [2.45, 2.75) is 26.2 Å². The number of likely N-dealkylation sites (tertiary alicyclic amines) is 1. The predicted molar refractivity (Wildman–Crippen MR) is 99.7 cm³/mol. The summed E-state index contributed by atoms with van der Waals surface area (Å²) in [6.07, 6.45) is 2.01. The number of aryl methyl sites for hydroxylation is 1. The fraction of sp³-hybridized carbons (Fsp3) is 0.474. The van der Waals surface area contributed by atoms with Gasteiger partial charge in [0.25, 0.3) is 5.91 Å². The molecule has 0 N–H and O–H groups in total. The molecular formula is C19H21N3O4S. The number of ether oxygens (including phenoxy) is 2. The van der Waals surface area contributed by atoms with E-state index in [2.05, 4.69) is 9.59 Å². The van der Waals surface area contributed by atoms with Crippen LogP contribution < -0.4 is 9.47 Å². The summed E-state index contributed by atoms with van der Waals surface area (Å²) in [7, 11) is 0. The van der Waals surface area contributed by atoms with E-state index in [0.29, 0.717) is 67.5 Å². The highest BCUT2D eigenvalue weighted by Crippen LogP contribution is 2.32. The van der Waals surface area contributed by atoms with Crippen molar-refractivity contribution in [3.05, 3.63) is 34.3 Å². The van der Waals surface area contributed by atoms with Gasteiger partial charge in [0.1, 0.15) is 18.1 Å². The second-order valence-corrected chi connectivity index (χ2v) is 7.45. The molecule has 0 bridgehead atoms. The van der Waals surface area contributed by atoms with Crippen LogP contribution in [0.25, 0.3) is 0 Å². The Labute approximate surface area is 161 Å². The van der Waals surface area contributed by atoms with Crippen molar-refractivity contribution >= 4 is 23.2 Å². The Bertz CT molecular complexity index is 858. The first kappa shape index (κ1) is 17.9. The zero-order chi connectivity index (χ0) is 18.8. The number of nitrogens with zero attached hydrogens (tertiary/aromatic N) is 3. The third-order valence-corrected chi connectivity index (χ3v) is 5.82. The van der Waals surface area contributed by atoms with Crippen LogP contribution >= 0.6 is 11.5 Å². The van der Waals surface area contributed by atoms with Crippen LogP contribution in [-0.4, -0.2) is 52.5 Å². The van der Waals surface area contributed by atoms with Gasteiger partial charge in [0.2, 0.25) is 0 Å². The lowest BCUT2D eigenvalue weighted by Gasteiger charge is -2.31. The largest absolute Gasteiger partial charge is 0.486 e. The number of aromatic nitrogens is 2. The van der Waals surface area contributed by atoms with Crippen molar-refractivity contribution in [3.63, 3.8) is 0 Å². The highest BCUT2D eigenvalue weighted by Gasteiger charge is 2.30. The number of benzene rings is 1. The number of carbonyl (C=O) groups excluding carboxylic acids is 2. The van der Waals surface area contributed by atoms with Gasteiger partial charge in [-0.1, -0.05) is 11.4 Å². The van der Waals surface area contributed by atoms with E-state index in [9.17, 15) is 9.59 Å². The summed E-state index contributed by atoms with van der Waals surface area (Å²) in [6, 6.07) is 5.36. The Morgan fingerprint density at radius 2 is 1.93 bits per heavy atom. The molecule has 3 heterocycles. The molecule has 0 radical (unpaired) electrons. The zero-order valence-corrected chi connectivity index (χ0v) is 16.0. The second kappa shape index (κ2) is 7.64. The maximum absolute atomic E-state index is 12.9. The highest BCUT2D eigenvalue weighted by atomic mass is 32.1. The van der Waals surface area contributed by atoms with E-state index in [4.69, 9.17) is 9.47 Å². The van der Waals surface area contributed by atoms with Gasteiger partial charge >= 0.3 is 0 Å². The minimum atomic E-state index is -0.0816. The van der Waals surface area contributed by atoms with Crippen molar-refractivity contribution in [1.29, 1.82) is 0 Å². The van der Waals surface area contributed by atoms with Gasteiger partial charge in [0, 0.05) is 24.6 Å². The van der Waals surface area contributed by atoms with Gasteiger partial charge in [0.05, 0.1) is 5.69 Å². The average Bonchev–Trinajstić information content (AvgIpc) is 3.21. The normalized spacial score (nSPS) is 17.0. The third-order valence-electron chi connectivity index (χ3n) is 5.06. The molecule has 0 spiro atoms. The molecule has 142 valence electrons. The van der Waals surface area contributed by atoms with Crippen LogP contribution in [0.5, 0.6) is 11.5 Å². The van der Waals surface area contributed by atoms with E-state index in [0.717, 1.165) is 17.2 Å². The fourth-order valence-electron chi connectivity index (χ4n) is 3.52. The maximum atomic E-state index is 12.9. The molecule has 0 aliphatic carbocycles.